The van der Waals surface area contributed by atoms with Crippen molar-refractivity contribution in [2.45, 2.75) is 32.3 Å². The predicted molar refractivity (Wildman–Crippen MR) is 123 cm³/mol. The molecule has 0 fully saturated rings. The summed E-state index contributed by atoms with van der Waals surface area (Å²) in [4.78, 5) is 12.6. The smallest absolute Gasteiger partial charge is 0.257 e. The molecule has 0 aliphatic rings. The molecular formula is C25H24FN3O3. The summed E-state index contributed by atoms with van der Waals surface area (Å²) in [5.74, 6) is -1.17. The van der Waals surface area contributed by atoms with Crippen LogP contribution in [0.4, 0.5) is 15.9 Å². The normalized spacial score (nSPS) is 12.7. The molecule has 1 amide bonds. The Labute approximate surface area is 184 Å². The molecule has 4 rings (SSSR count). The number of nitrogens with two attached hydrogens (primary N) is 1. The minimum atomic E-state index is -1.70. The zero-order valence-electron chi connectivity index (χ0n) is 18.0. The average molecular weight is 433 g/mol. The molecule has 1 aromatic heterocycles. The number of rotatable bonds is 4. The third-order valence-corrected chi connectivity index (χ3v) is 5.40. The number of nitrogens with zero attached hydrogens (tertiary/aromatic N) is 1. The van der Waals surface area contributed by atoms with Crippen molar-refractivity contribution in [3.63, 3.8) is 0 Å². The Kier molecular flexibility index (Phi) is 5.44. The highest BCUT2D eigenvalue weighted by molar-refractivity contribution is 5.97. The molecule has 0 saturated heterocycles. The first-order chi connectivity index (χ1) is 15.1. The second-order valence-corrected chi connectivity index (χ2v) is 8.71. The van der Waals surface area contributed by atoms with E-state index in [4.69, 9.17) is 10.3 Å². The summed E-state index contributed by atoms with van der Waals surface area (Å²) in [7, 11) is 0. The van der Waals surface area contributed by atoms with Crippen molar-refractivity contribution in [1.82, 2.24) is 5.16 Å². The van der Waals surface area contributed by atoms with E-state index in [1.54, 1.807) is 24.3 Å². The number of aliphatic hydroxyl groups is 1. The van der Waals surface area contributed by atoms with E-state index in [1.165, 1.54) is 12.1 Å². The number of halogens is 1. The summed E-state index contributed by atoms with van der Waals surface area (Å²) in [6.45, 7) is 6.31. The van der Waals surface area contributed by atoms with Gasteiger partial charge < -0.3 is 20.7 Å². The maximum absolute atomic E-state index is 15.3. The van der Waals surface area contributed by atoms with Crippen LogP contribution in [0.3, 0.4) is 0 Å². The van der Waals surface area contributed by atoms with Crippen LogP contribution >= 0.6 is 0 Å². The molecule has 3 aromatic carbocycles. The molecule has 7 heteroatoms. The van der Waals surface area contributed by atoms with Gasteiger partial charge in [0.2, 0.25) is 0 Å². The van der Waals surface area contributed by atoms with Gasteiger partial charge in [0.25, 0.3) is 5.91 Å². The van der Waals surface area contributed by atoms with Crippen LogP contribution in [-0.4, -0.2) is 16.2 Å². The summed E-state index contributed by atoms with van der Waals surface area (Å²) in [5.41, 5.74) is 8.42. The third kappa shape index (κ3) is 4.07. The molecule has 0 radical (unpaired) electrons. The van der Waals surface area contributed by atoms with Crippen molar-refractivity contribution in [3.8, 4) is 11.1 Å². The molecule has 0 aliphatic carbocycles. The number of hydrogen-bond donors (Lipinski definition) is 3. The van der Waals surface area contributed by atoms with Crippen LogP contribution in [-0.2, 0) is 10.2 Å². The topological polar surface area (TPSA) is 101 Å². The second-order valence-electron chi connectivity index (χ2n) is 8.71. The number of anilines is 2. The van der Waals surface area contributed by atoms with Crippen LogP contribution in [0.15, 0.2) is 65.2 Å². The van der Waals surface area contributed by atoms with Crippen LogP contribution < -0.4 is 11.1 Å². The third-order valence-electron chi connectivity index (χ3n) is 5.40. The second kappa shape index (κ2) is 8.09. The van der Waals surface area contributed by atoms with Gasteiger partial charge in [0, 0.05) is 22.9 Å². The first-order valence-electron chi connectivity index (χ1n) is 10.2. The summed E-state index contributed by atoms with van der Waals surface area (Å²) in [6.07, 6.45) is -1.70. The highest BCUT2D eigenvalue weighted by Crippen LogP contribution is 2.31. The lowest BCUT2D eigenvalue weighted by Crippen LogP contribution is -2.21. The lowest BCUT2D eigenvalue weighted by molar-refractivity contribution is -0.124. The van der Waals surface area contributed by atoms with E-state index in [-0.39, 0.29) is 16.8 Å². The Balaban J connectivity index is 1.58. The summed E-state index contributed by atoms with van der Waals surface area (Å²) >= 11 is 0. The number of amides is 1. The Morgan fingerprint density at radius 2 is 1.84 bits per heavy atom. The quantitative estimate of drug-likeness (QED) is 0.411. The SMILES string of the molecule is CC(C)(C)c1ccc(-c2cccc(C(O)C(=O)Nc3ccc4c(N)noc4c3)c2F)cc1. The number of benzene rings is 3. The molecule has 6 nitrogen and oxygen atoms in total. The number of nitrogens with one attached hydrogen (secondary N) is 1. The highest BCUT2D eigenvalue weighted by atomic mass is 19.1. The first kappa shape index (κ1) is 21.5. The van der Waals surface area contributed by atoms with Crippen molar-refractivity contribution in [1.29, 1.82) is 0 Å². The summed E-state index contributed by atoms with van der Waals surface area (Å²) < 4.78 is 20.4. The van der Waals surface area contributed by atoms with Gasteiger partial charge in [-0.2, -0.15) is 0 Å². The van der Waals surface area contributed by atoms with Gasteiger partial charge in [0.05, 0.1) is 5.39 Å². The molecule has 4 aromatic rings. The Bertz CT molecular complexity index is 1290. The van der Waals surface area contributed by atoms with Crippen LogP contribution in [0.1, 0.15) is 38.0 Å². The number of aromatic nitrogens is 1. The van der Waals surface area contributed by atoms with Gasteiger partial charge in [-0.15, -0.1) is 0 Å². The van der Waals surface area contributed by atoms with E-state index < -0.39 is 17.8 Å². The minimum absolute atomic E-state index is 0.0202. The maximum Gasteiger partial charge on any atom is 0.257 e. The van der Waals surface area contributed by atoms with Gasteiger partial charge in [0.1, 0.15) is 5.82 Å². The minimum Gasteiger partial charge on any atom is -0.380 e. The number of fused-ring (bicyclic) bond motifs is 1. The van der Waals surface area contributed by atoms with Gasteiger partial charge in [-0.1, -0.05) is 68.4 Å². The fourth-order valence-electron chi connectivity index (χ4n) is 3.52. The molecule has 164 valence electrons. The lowest BCUT2D eigenvalue weighted by atomic mass is 9.86. The molecular weight excluding hydrogens is 409 g/mol. The average Bonchev–Trinajstić information content (AvgIpc) is 3.13. The van der Waals surface area contributed by atoms with Crippen LogP contribution in [0.5, 0.6) is 0 Å². The van der Waals surface area contributed by atoms with E-state index in [0.29, 0.717) is 27.8 Å². The van der Waals surface area contributed by atoms with Crippen LogP contribution in [0, 0.1) is 5.82 Å². The number of nitrogen functional groups attached to an aromatic ring is 1. The summed E-state index contributed by atoms with van der Waals surface area (Å²) in [6, 6.07) is 17.0. The standard InChI is InChI=1S/C25H24FN3O3/c1-25(2,3)15-9-7-14(8-10-15)17-5-4-6-19(21(17)26)22(30)24(31)28-16-11-12-18-20(13-16)32-29-23(18)27/h4-13,22,30H,1-3H3,(H2,27,29)(H,28,31). The monoisotopic (exact) mass is 433 g/mol. The Morgan fingerprint density at radius 1 is 1.12 bits per heavy atom. The number of carbonyl (C=O) groups excluding carboxylic acids is 1. The zero-order valence-corrected chi connectivity index (χ0v) is 18.0. The molecule has 1 heterocycles. The Hall–Kier alpha value is -3.71. The van der Waals surface area contributed by atoms with E-state index in [2.05, 4.69) is 31.2 Å². The maximum atomic E-state index is 15.3. The van der Waals surface area contributed by atoms with Crippen molar-refractivity contribution in [2.24, 2.45) is 0 Å². The molecule has 0 bridgehead atoms. The van der Waals surface area contributed by atoms with Crippen molar-refractivity contribution in [2.75, 3.05) is 11.1 Å². The fraction of sp³-hybridized carbons (Fsp3) is 0.200. The number of hydrogen-bond acceptors (Lipinski definition) is 5. The molecule has 1 unspecified atom stereocenters. The molecule has 32 heavy (non-hydrogen) atoms. The van der Waals surface area contributed by atoms with Crippen LogP contribution in [0.25, 0.3) is 22.1 Å². The zero-order chi connectivity index (χ0) is 23.0. The molecule has 0 spiro atoms. The molecule has 4 N–H and O–H groups in total. The van der Waals surface area contributed by atoms with Gasteiger partial charge in [-0.25, -0.2) is 4.39 Å². The number of carbonyl (C=O) groups is 1. The summed E-state index contributed by atoms with van der Waals surface area (Å²) in [5, 5.41) is 17.4. The van der Waals surface area contributed by atoms with E-state index in [1.807, 2.05) is 24.3 Å². The largest absolute Gasteiger partial charge is 0.380 e. The first-order valence-corrected chi connectivity index (χ1v) is 10.2. The molecule has 1 atom stereocenters. The predicted octanol–water partition coefficient (Wildman–Crippen LogP) is 5.19. The van der Waals surface area contributed by atoms with Crippen molar-refractivity contribution in [3.05, 3.63) is 77.6 Å². The van der Waals surface area contributed by atoms with Crippen LogP contribution in [0.2, 0.25) is 0 Å². The molecule has 0 aliphatic heterocycles. The van der Waals surface area contributed by atoms with E-state index >= 15 is 4.39 Å². The number of aliphatic hydroxyl groups excluding tert-OH is 1. The van der Waals surface area contributed by atoms with Gasteiger partial charge >= 0.3 is 0 Å². The highest BCUT2D eigenvalue weighted by Gasteiger charge is 2.23. The van der Waals surface area contributed by atoms with E-state index in [0.717, 1.165) is 5.56 Å². The van der Waals surface area contributed by atoms with Crippen molar-refractivity contribution >= 4 is 28.4 Å². The van der Waals surface area contributed by atoms with E-state index in [9.17, 15) is 9.90 Å². The molecule has 0 saturated carbocycles. The van der Waals surface area contributed by atoms with Gasteiger partial charge in [-0.05, 0) is 28.7 Å². The van der Waals surface area contributed by atoms with Gasteiger partial charge in [0.15, 0.2) is 17.5 Å². The van der Waals surface area contributed by atoms with Crippen molar-refractivity contribution < 1.29 is 18.8 Å². The van der Waals surface area contributed by atoms with Gasteiger partial charge in [-0.3, -0.25) is 4.79 Å². The lowest BCUT2D eigenvalue weighted by Gasteiger charge is -2.19. The fourth-order valence-corrected chi connectivity index (χ4v) is 3.52. The Morgan fingerprint density at radius 3 is 2.53 bits per heavy atom.